The Kier molecular flexibility index (Phi) is 4.33. The van der Waals surface area contributed by atoms with Gasteiger partial charge in [-0.05, 0) is 25.5 Å². The molecule has 0 aromatic heterocycles. The van der Waals surface area contributed by atoms with Gasteiger partial charge in [-0.25, -0.2) is 0 Å². The van der Waals surface area contributed by atoms with E-state index < -0.39 is 0 Å². The molecule has 2 rings (SSSR count). The zero-order valence-corrected chi connectivity index (χ0v) is 10.8. The van der Waals surface area contributed by atoms with Crippen LogP contribution in [0, 0.1) is 0 Å². The second kappa shape index (κ2) is 5.98. The number of benzene rings is 1. The van der Waals surface area contributed by atoms with Crippen LogP contribution in [-0.2, 0) is 9.47 Å². The molecule has 1 aliphatic rings. The van der Waals surface area contributed by atoms with Crippen LogP contribution in [0.25, 0.3) is 0 Å². The second-order valence-electron chi connectivity index (χ2n) is 4.46. The van der Waals surface area contributed by atoms with Crippen molar-refractivity contribution in [3.63, 3.8) is 0 Å². The van der Waals surface area contributed by atoms with Crippen molar-refractivity contribution in [2.75, 3.05) is 6.61 Å². The Labute approximate surface area is 107 Å². The Bertz CT molecular complexity index is 393. The Morgan fingerprint density at radius 2 is 2.11 bits per heavy atom. The van der Waals surface area contributed by atoms with E-state index in [0.29, 0.717) is 12.2 Å². The molecule has 0 spiro atoms. The number of carbonyl (C=O) groups excluding carboxylic acids is 1. The SMILES string of the molecule is CCC1OC[C@H](NC(=O)c2ccccc2)[C@@H](C)O1. The van der Waals surface area contributed by atoms with Gasteiger partial charge < -0.3 is 14.8 Å². The molecule has 1 aromatic carbocycles. The van der Waals surface area contributed by atoms with Crippen molar-refractivity contribution in [2.24, 2.45) is 0 Å². The van der Waals surface area contributed by atoms with Gasteiger partial charge in [0.2, 0.25) is 0 Å². The molecule has 1 aromatic rings. The highest BCUT2D eigenvalue weighted by Crippen LogP contribution is 2.15. The molecule has 4 heteroatoms. The fourth-order valence-electron chi connectivity index (χ4n) is 1.93. The molecule has 0 radical (unpaired) electrons. The first kappa shape index (κ1) is 13.1. The van der Waals surface area contributed by atoms with Gasteiger partial charge in [-0.2, -0.15) is 0 Å². The molecular formula is C14H19NO3. The number of carbonyl (C=O) groups is 1. The van der Waals surface area contributed by atoms with Gasteiger partial charge in [0.25, 0.3) is 5.91 Å². The summed E-state index contributed by atoms with van der Waals surface area (Å²) in [6, 6.07) is 9.07. The van der Waals surface area contributed by atoms with Gasteiger partial charge in [-0.15, -0.1) is 0 Å². The minimum Gasteiger partial charge on any atom is -0.350 e. The summed E-state index contributed by atoms with van der Waals surface area (Å²) in [5.74, 6) is -0.0883. The van der Waals surface area contributed by atoms with Crippen molar-refractivity contribution < 1.29 is 14.3 Å². The molecule has 0 saturated carbocycles. The van der Waals surface area contributed by atoms with Crippen LogP contribution in [0.3, 0.4) is 0 Å². The van der Waals surface area contributed by atoms with E-state index in [2.05, 4.69) is 5.32 Å². The number of amides is 1. The molecule has 1 aliphatic heterocycles. The van der Waals surface area contributed by atoms with Gasteiger partial charge in [0.1, 0.15) is 0 Å². The third kappa shape index (κ3) is 3.09. The number of hydrogen-bond donors (Lipinski definition) is 1. The third-order valence-corrected chi connectivity index (χ3v) is 3.08. The zero-order chi connectivity index (χ0) is 13.0. The van der Waals surface area contributed by atoms with Crippen LogP contribution in [0.1, 0.15) is 30.6 Å². The number of hydrogen-bond acceptors (Lipinski definition) is 3. The van der Waals surface area contributed by atoms with Crippen LogP contribution in [0.15, 0.2) is 30.3 Å². The first-order chi connectivity index (χ1) is 8.70. The fourth-order valence-corrected chi connectivity index (χ4v) is 1.93. The summed E-state index contributed by atoms with van der Waals surface area (Å²) in [6.07, 6.45) is 0.644. The molecule has 1 saturated heterocycles. The smallest absolute Gasteiger partial charge is 0.251 e. The fraction of sp³-hybridized carbons (Fsp3) is 0.500. The van der Waals surface area contributed by atoms with Crippen LogP contribution in [0.5, 0.6) is 0 Å². The molecule has 1 N–H and O–H groups in total. The summed E-state index contributed by atoms with van der Waals surface area (Å²) < 4.78 is 11.2. The molecule has 18 heavy (non-hydrogen) atoms. The van der Waals surface area contributed by atoms with Crippen LogP contribution >= 0.6 is 0 Å². The summed E-state index contributed by atoms with van der Waals surface area (Å²) in [6.45, 7) is 4.47. The Morgan fingerprint density at radius 3 is 2.72 bits per heavy atom. The van der Waals surface area contributed by atoms with Crippen molar-refractivity contribution in [2.45, 2.75) is 38.7 Å². The molecular weight excluding hydrogens is 230 g/mol. The lowest BCUT2D eigenvalue weighted by molar-refractivity contribution is -0.218. The van der Waals surface area contributed by atoms with E-state index in [1.165, 1.54) is 0 Å². The lowest BCUT2D eigenvalue weighted by Gasteiger charge is -2.34. The summed E-state index contributed by atoms with van der Waals surface area (Å²) >= 11 is 0. The van der Waals surface area contributed by atoms with Crippen molar-refractivity contribution in [3.8, 4) is 0 Å². The van der Waals surface area contributed by atoms with Crippen molar-refractivity contribution >= 4 is 5.91 Å². The number of ether oxygens (including phenoxy) is 2. The Morgan fingerprint density at radius 1 is 1.39 bits per heavy atom. The highest BCUT2D eigenvalue weighted by atomic mass is 16.7. The van der Waals surface area contributed by atoms with Crippen LogP contribution in [-0.4, -0.2) is 30.9 Å². The van der Waals surface area contributed by atoms with Gasteiger partial charge in [-0.3, -0.25) is 4.79 Å². The van der Waals surface area contributed by atoms with E-state index in [0.717, 1.165) is 6.42 Å². The Balaban J connectivity index is 1.92. The Hall–Kier alpha value is -1.39. The van der Waals surface area contributed by atoms with Crippen LogP contribution < -0.4 is 5.32 Å². The number of nitrogens with one attached hydrogen (secondary N) is 1. The van der Waals surface area contributed by atoms with Gasteiger partial charge in [0.05, 0.1) is 18.8 Å². The zero-order valence-electron chi connectivity index (χ0n) is 10.8. The van der Waals surface area contributed by atoms with Crippen molar-refractivity contribution in [1.82, 2.24) is 5.32 Å². The van der Waals surface area contributed by atoms with E-state index in [4.69, 9.17) is 9.47 Å². The predicted molar refractivity (Wildman–Crippen MR) is 68.3 cm³/mol. The molecule has 3 atom stereocenters. The summed E-state index contributed by atoms with van der Waals surface area (Å²) in [5, 5.41) is 2.94. The van der Waals surface area contributed by atoms with E-state index in [-0.39, 0.29) is 24.3 Å². The van der Waals surface area contributed by atoms with Gasteiger partial charge in [0, 0.05) is 5.56 Å². The normalized spacial score (nSPS) is 27.8. The number of rotatable bonds is 3. The average molecular weight is 249 g/mol. The molecule has 0 bridgehead atoms. The second-order valence-corrected chi connectivity index (χ2v) is 4.46. The van der Waals surface area contributed by atoms with Crippen LogP contribution in [0.2, 0.25) is 0 Å². The maximum atomic E-state index is 12.0. The van der Waals surface area contributed by atoms with Gasteiger partial charge in [-0.1, -0.05) is 25.1 Å². The topological polar surface area (TPSA) is 47.6 Å². The van der Waals surface area contributed by atoms with Crippen molar-refractivity contribution in [1.29, 1.82) is 0 Å². The largest absolute Gasteiger partial charge is 0.350 e. The summed E-state index contributed by atoms with van der Waals surface area (Å²) in [5.41, 5.74) is 0.655. The quantitative estimate of drug-likeness (QED) is 0.890. The highest BCUT2D eigenvalue weighted by Gasteiger charge is 2.29. The molecule has 4 nitrogen and oxygen atoms in total. The van der Waals surface area contributed by atoms with Gasteiger partial charge >= 0.3 is 0 Å². The lowest BCUT2D eigenvalue weighted by atomic mass is 10.1. The molecule has 98 valence electrons. The van der Waals surface area contributed by atoms with E-state index >= 15 is 0 Å². The lowest BCUT2D eigenvalue weighted by Crippen LogP contribution is -2.51. The first-order valence-corrected chi connectivity index (χ1v) is 6.33. The molecule has 1 fully saturated rings. The maximum Gasteiger partial charge on any atom is 0.251 e. The maximum absolute atomic E-state index is 12.0. The standard InChI is InChI=1S/C14H19NO3/c1-3-13-17-9-12(10(2)18-13)15-14(16)11-7-5-4-6-8-11/h4-8,10,12-13H,3,9H2,1-2H3,(H,15,16)/t10-,12+,13?/m1/s1. The van der Waals surface area contributed by atoms with Crippen molar-refractivity contribution in [3.05, 3.63) is 35.9 Å². The molecule has 1 heterocycles. The minimum atomic E-state index is -0.148. The summed E-state index contributed by atoms with van der Waals surface area (Å²) in [7, 11) is 0. The van der Waals surface area contributed by atoms with E-state index in [1.54, 1.807) is 12.1 Å². The van der Waals surface area contributed by atoms with E-state index in [9.17, 15) is 4.79 Å². The molecule has 1 amide bonds. The molecule has 0 aliphatic carbocycles. The van der Waals surface area contributed by atoms with Crippen LogP contribution in [0.4, 0.5) is 0 Å². The molecule has 1 unspecified atom stereocenters. The first-order valence-electron chi connectivity index (χ1n) is 6.33. The minimum absolute atomic E-state index is 0.0311. The highest BCUT2D eigenvalue weighted by molar-refractivity contribution is 5.94. The van der Waals surface area contributed by atoms with E-state index in [1.807, 2.05) is 32.0 Å². The predicted octanol–water partition coefficient (Wildman–Crippen LogP) is 1.96. The van der Waals surface area contributed by atoms with Gasteiger partial charge in [0.15, 0.2) is 6.29 Å². The third-order valence-electron chi connectivity index (χ3n) is 3.08. The summed E-state index contributed by atoms with van der Waals surface area (Å²) in [4.78, 5) is 12.0. The monoisotopic (exact) mass is 249 g/mol. The average Bonchev–Trinajstić information content (AvgIpc) is 2.42.